The molecule has 3 aromatic rings. The Balaban J connectivity index is 1.74. The molecule has 0 aliphatic heterocycles. The third kappa shape index (κ3) is 5.61. The summed E-state index contributed by atoms with van der Waals surface area (Å²) in [6.07, 6.45) is 0.240. The van der Waals surface area contributed by atoms with Crippen molar-refractivity contribution in [1.29, 1.82) is 5.26 Å². The van der Waals surface area contributed by atoms with Gasteiger partial charge in [-0.05, 0) is 67.1 Å². The Morgan fingerprint density at radius 1 is 1.23 bits per heavy atom. The van der Waals surface area contributed by atoms with Gasteiger partial charge in [0.15, 0.2) is 0 Å². The summed E-state index contributed by atoms with van der Waals surface area (Å²) in [7, 11) is 0. The van der Waals surface area contributed by atoms with E-state index in [4.69, 9.17) is 10.00 Å². The van der Waals surface area contributed by atoms with E-state index >= 15 is 0 Å². The summed E-state index contributed by atoms with van der Waals surface area (Å²) >= 11 is 1.27. The minimum Gasteiger partial charge on any atom is -0.494 e. The molecule has 1 amide bonds. The maximum Gasteiger partial charge on any atom is 0.237 e. The van der Waals surface area contributed by atoms with Gasteiger partial charge in [-0.25, -0.2) is 0 Å². The fraction of sp³-hybridized carbons (Fsp3) is 0.318. The van der Waals surface area contributed by atoms with Crippen LogP contribution < -0.4 is 9.64 Å². The molecule has 0 radical (unpaired) electrons. The van der Waals surface area contributed by atoms with Crippen molar-refractivity contribution in [3.05, 3.63) is 53.6 Å². The number of carbonyl (C=O) groups excluding carboxylic acids is 1. The van der Waals surface area contributed by atoms with Crippen LogP contribution >= 0.6 is 11.8 Å². The zero-order valence-electron chi connectivity index (χ0n) is 17.8. The van der Waals surface area contributed by atoms with Gasteiger partial charge in [-0.15, -0.1) is 5.10 Å². The molecule has 0 spiro atoms. The van der Waals surface area contributed by atoms with E-state index in [0.717, 1.165) is 28.3 Å². The largest absolute Gasteiger partial charge is 0.494 e. The van der Waals surface area contributed by atoms with Crippen LogP contribution in [0.25, 0.3) is 5.69 Å². The third-order valence-corrected chi connectivity index (χ3v) is 5.46. The van der Waals surface area contributed by atoms with Crippen molar-refractivity contribution in [2.24, 2.45) is 0 Å². The molecule has 0 N–H and O–H groups in total. The average Bonchev–Trinajstić information content (AvgIpc) is 3.22. The van der Waals surface area contributed by atoms with Crippen molar-refractivity contribution < 1.29 is 9.53 Å². The van der Waals surface area contributed by atoms with Crippen LogP contribution in [-0.4, -0.2) is 45.0 Å². The smallest absolute Gasteiger partial charge is 0.237 e. The van der Waals surface area contributed by atoms with Crippen LogP contribution in [0.3, 0.4) is 0 Å². The number of carbonyl (C=O) groups is 1. The number of ether oxygens (including phenoxy) is 1. The molecule has 0 aliphatic carbocycles. The highest BCUT2D eigenvalue weighted by Gasteiger charge is 2.19. The van der Waals surface area contributed by atoms with Crippen molar-refractivity contribution in [1.82, 2.24) is 20.2 Å². The van der Waals surface area contributed by atoms with Crippen molar-refractivity contribution in [3.63, 3.8) is 0 Å². The average molecular weight is 437 g/mol. The van der Waals surface area contributed by atoms with Gasteiger partial charge in [0.1, 0.15) is 5.75 Å². The van der Waals surface area contributed by atoms with Crippen LogP contribution in [0, 0.1) is 25.2 Å². The maximum absolute atomic E-state index is 13.0. The molecule has 0 fully saturated rings. The van der Waals surface area contributed by atoms with Gasteiger partial charge < -0.3 is 9.64 Å². The van der Waals surface area contributed by atoms with Gasteiger partial charge in [-0.1, -0.05) is 29.5 Å². The van der Waals surface area contributed by atoms with E-state index in [1.54, 1.807) is 9.58 Å². The number of anilines is 1. The Morgan fingerprint density at radius 3 is 2.68 bits per heavy atom. The number of hydrogen-bond acceptors (Lipinski definition) is 7. The molecular weight excluding hydrogens is 412 g/mol. The van der Waals surface area contributed by atoms with Gasteiger partial charge >= 0.3 is 0 Å². The molecule has 1 heterocycles. The van der Waals surface area contributed by atoms with Crippen LogP contribution in [0.5, 0.6) is 5.75 Å². The second kappa shape index (κ2) is 10.6. The first-order chi connectivity index (χ1) is 15.0. The standard InChI is InChI=1S/C22H24N6O2S/c1-4-30-19-9-7-18(8-10-19)27(13-5-12-23)21(29)15-31-22-24-25-26-28(22)20-11-6-16(2)14-17(20)3/h6-11,14H,4-5,13,15H2,1-3H3. The normalized spacial score (nSPS) is 10.5. The predicted octanol–water partition coefficient (Wildman–Crippen LogP) is 3.72. The fourth-order valence-corrected chi connectivity index (χ4v) is 3.88. The molecule has 0 aliphatic rings. The Morgan fingerprint density at radius 2 is 2.00 bits per heavy atom. The second-order valence-electron chi connectivity index (χ2n) is 6.83. The number of rotatable bonds is 9. The Hall–Kier alpha value is -3.38. The van der Waals surface area contributed by atoms with E-state index < -0.39 is 0 Å². The molecule has 8 nitrogen and oxygen atoms in total. The first-order valence-corrected chi connectivity index (χ1v) is 10.9. The molecule has 0 bridgehead atoms. The number of nitrogens with zero attached hydrogens (tertiary/aromatic N) is 6. The molecule has 1 aromatic heterocycles. The topological polar surface area (TPSA) is 96.9 Å². The molecule has 0 saturated heterocycles. The second-order valence-corrected chi connectivity index (χ2v) is 7.77. The lowest BCUT2D eigenvalue weighted by Gasteiger charge is -2.22. The van der Waals surface area contributed by atoms with E-state index in [1.807, 2.05) is 57.2 Å². The molecule has 0 unspecified atom stereocenters. The molecule has 31 heavy (non-hydrogen) atoms. The number of hydrogen-bond donors (Lipinski definition) is 0. The number of aryl methyl sites for hydroxylation is 2. The Kier molecular flexibility index (Phi) is 7.62. The van der Waals surface area contributed by atoms with Crippen LogP contribution in [-0.2, 0) is 4.79 Å². The lowest BCUT2D eigenvalue weighted by molar-refractivity contribution is -0.116. The molecule has 9 heteroatoms. The Labute approximate surface area is 185 Å². The van der Waals surface area contributed by atoms with Crippen molar-refractivity contribution >= 4 is 23.4 Å². The van der Waals surface area contributed by atoms with E-state index in [9.17, 15) is 4.79 Å². The van der Waals surface area contributed by atoms with Crippen molar-refractivity contribution in [2.75, 3.05) is 23.8 Å². The maximum atomic E-state index is 13.0. The summed E-state index contributed by atoms with van der Waals surface area (Å²) in [4.78, 5) is 14.6. The number of thioether (sulfide) groups is 1. The molecule has 2 aromatic carbocycles. The van der Waals surface area contributed by atoms with Crippen LogP contribution in [0.1, 0.15) is 24.5 Å². The molecule has 0 saturated carbocycles. The highest BCUT2D eigenvalue weighted by atomic mass is 32.2. The van der Waals surface area contributed by atoms with Crippen LogP contribution in [0.15, 0.2) is 47.6 Å². The van der Waals surface area contributed by atoms with Gasteiger partial charge in [0, 0.05) is 12.2 Å². The molecule has 0 atom stereocenters. The minimum atomic E-state index is -0.125. The fourth-order valence-electron chi connectivity index (χ4n) is 3.12. The number of aromatic nitrogens is 4. The summed E-state index contributed by atoms with van der Waals surface area (Å²) in [5.74, 6) is 0.754. The quantitative estimate of drug-likeness (QED) is 0.472. The van der Waals surface area contributed by atoms with Gasteiger partial charge in [0.2, 0.25) is 11.1 Å². The number of benzene rings is 2. The summed E-state index contributed by atoms with van der Waals surface area (Å²) in [6.45, 7) is 6.83. The zero-order valence-corrected chi connectivity index (χ0v) is 18.6. The first kappa shape index (κ1) is 22.3. The highest BCUT2D eigenvalue weighted by molar-refractivity contribution is 7.99. The SMILES string of the molecule is CCOc1ccc(N(CCC#N)C(=O)CSc2nnnn2-c2ccc(C)cc2C)cc1. The van der Waals surface area contributed by atoms with Gasteiger partial charge in [-0.2, -0.15) is 9.94 Å². The summed E-state index contributed by atoms with van der Waals surface area (Å²) in [6, 6.07) is 15.4. The minimum absolute atomic E-state index is 0.125. The predicted molar refractivity (Wildman–Crippen MR) is 120 cm³/mol. The summed E-state index contributed by atoms with van der Waals surface area (Å²) in [5.41, 5.74) is 3.80. The van der Waals surface area contributed by atoms with E-state index in [0.29, 0.717) is 18.3 Å². The summed E-state index contributed by atoms with van der Waals surface area (Å²) in [5, 5.41) is 21.5. The van der Waals surface area contributed by atoms with E-state index in [-0.39, 0.29) is 18.1 Å². The lowest BCUT2D eigenvalue weighted by atomic mass is 10.1. The van der Waals surface area contributed by atoms with Crippen LogP contribution in [0.2, 0.25) is 0 Å². The Bertz CT molecular complexity index is 1070. The van der Waals surface area contributed by atoms with E-state index in [2.05, 4.69) is 27.7 Å². The van der Waals surface area contributed by atoms with Crippen LogP contribution in [0.4, 0.5) is 5.69 Å². The molecule has 160 valence electrons. The number of nitriles is 1. The van der Waals surface area contributed by atoms with Gasteiger partial charge in [0.25, 0.3) is 0 Å². The van der Waals surface area contributed by atoms with Gasteiger partial charge in [-0.3, -0.25) is 4.79 Å². The number of tetrazole rings is 1. The van der Waals surface area contributed by atoms with Gasteiger partial charge in [0.05, 0.1) is 30.5 Å². The van der Waals surface area contributed by atoms with Crippen molar-refractivity contribution in [3.8, 4) is 17.5 Å². The molecule has 3 rings (SSSR count). The lowest BCUT2D eigenvalue weighted by Crippen LogP contribution is -2.33. The first-order valence-electron chi connectivity index (χ1n) is 9.92. The monoisotopic (exact) mass is 436 g/mol. The number of amides is 1. The highest BCUT2D eigenvalue weighted by Crippen LogP contribution is 2.24. The van der Waals surface area contributed by atoms with Crippen molar-refractivity contribution in [2.45, 2.75) is 32.3 Å². The van der Waals surface area contributed by atoms with E-state index in [1.165, 1.54) is 11.8 Å². The zero-order chi connectivity index (χ0) is 22.2. The molecular formula is C22H24N6O2S. The third-order valence-electron chi connectivity index (χ3n) is 4.55. The summed E-state index contributed by atoms with van der Waals surface area (Å²) < 4.78 is 7.11.